The number of carbonyl (C=O) groups excluding carboxylic acids is 1. The van der Waals surface area contributed by atoms with E-state index in [-0.39, 0.29) is 30.5 Å². The molecule has 0 spiro atoms. The second kappa shape index (κ2) is 10.2. The Bertz CT molecular complexity index is 646. The highest BCUT2D eigenvalue weighted by Crippen LogP contribution is 2.45. The molecule has 1 fully saturated rings. The molecule has 1 amide bonds. The molecule has 6 N–H and O–H groups in total. The summed E-state index contributed by atoms with van der Waals surface area (Å²) < 4.78 is 12.4. The lowest BCUT2D eigenvalue weighted by molar-refractivity contribution is -0.122. The fourth-order valence-electron chi connectivity index (χ4n) is 3.57. The van der Waals surface area contributed by atoms with Gasteiger partial charge in [0, 0.05) is 12.7 Å². The van der Waals surface area contributed by atoms with Crippen LogP contribution in [0.4, 0.5) is 0 Å². The van der Waals surface area contributed by atoms with Crippen LogP contribution >= 0.6 is 7.37 Å². The first-order chi connectivity index (χ1) is 12.7. The molecule has 0 aliphatic heterocycles. The van der Waals surface area contributed by atoms with Crippen LogP contribution in [0.2, 0.25) is 0 Å². The lowest BCUT2D eigenvalue weighted by Gasteiger charge is -2.25. The van der Waals surface area contributed by atoms with Gasteiger partial charge in [-0.1, -0.05) is 31.4 Å². The van der Waals surface area contributed by atoms with Crippen LogP contribution in [0.15, 0.2) is 24.3 Å². The molecule has 1 unspecified atom stereocenters. The van der Waals surface area contributed by atoms with E-state index in [0.717, 1.165) is 31.2 Å². The van der Waals surface area contributed by atoms with Gasteiger partial charge in [0.1, 0.15) is 5.75 Å². The molecule has 1 aliphatic rings. The number of nitrogens with two attached hydrogens (primary N) is 1. The number of aliphatic hydroxyl groups excluding tert-OH is 1. The molecule has 1 aliphatic carbocycles. The summed E-state index contributed by atoms with van der Waals surface area (Å²) in [5.41, 5.74) is 6.67. The van der Waals surface area contributed by atoms with Crippen LogP contribution in [-0.4, -0.2) is 52.0 Å². The Labute approximate surface area is 160 Å². The molecular weight excluding hydrogens is 367 g/mol. The third-order valence-corrected chi connectivity index (χ3v) is 7.08. The fourth-order valence-corrected chi connectivity index (χ4v) is 5.68. The minimum atomic E-state index is -3.42. The zero-order valence-corrected chi connectivity index (χ0v) is 16.5. The molecule has 27 heavy (non-hydrogen) atoms. The molecule has 0 radical (unpaired) electrons. The Morgan fingerprint density at radius 1 is 1.22 bits per heavy atom. The SMILES string of the molecule is N[C@@H](Cc1ccc(O)cc1)C(=O)NC[C@@H](O)CP(=O)(O)CC1CCCCC1. The summed E-state index contributed by atoms with van der Waals surface area (Å²) in [6.45, 7) is -0.0999. The molecule has 7 nitrogen and oxygen atoms in total. The second-order valence-electron chi connectivity index (χ2n) is 7.59. The van der Waals surface area contributed by atoms with Crippen LogP contribution in [0, 0.1) is 5.92 Å². The van der Waals surface area contributed by atoms with Crippen molar-refractivity contribution >= 4 is 13.3 Å². The lowest BCUT2D eigenvalue weighted by atomic mass is 9.91. The van der Waals surface area contributed by atoms with Crippen LogP contribution in [0.1, 0.15) is 37.7 Å². The van der Waals surface area contributed by atoms with E-state index >= 15 is 0 Å². The van der Waals surface area contributed by atoms with E-state index in [0.29, 0.717) is 6.42 Å². The van der Waals surface area contributed by atoms with E-state index in [1.165, 1.54) is 18.6 Å². The number of rotatable bonds is 9. The molecule has 2 rings (SSSR count). The summed E-state index contributed by atoms with van der Waals surface area (Å²) in [6.07, 6.45) is 4.59. The first-order valence-electron chi connectivity index (χ1n) is 9.55. The van der Waals surface area contributed by atoms with Crippen molar-refractivity contribution in [1.82, 2.24) is 5.32 Å². The van der Waals surface area contributed by atoms with Crippen molar-refractivity contribution < 1.29 is 24.5 Å². The van der Waals surface area contributed by atoms with Gasteiger partial charge in [-0.2, -0.15) is 0 Å². The van der Waals surface area contributed by atoms with Crippen LogP contribution in [0.5, 0.6) is 5.75 Å². The first-order valence-corrected chi connectivity index (χ1v) is 11.6. The molecule has 1 saturated carbocycles. The topological polar surface area (TPSA) is 133 Å². The number of hydrogen-bond donors (Lipinski definition) is 5. The molecule has 8 heteroatoms. The third kappa shape index (κ3) is 8.01. The lowest BCUT2D eigenvalue weighted by Crippen LogP contribution is -2.45. The minimum absolute atomic E-state index is 0.0999. The standard InChI is InChI=1S/C19H31N2O5P/c20-18(10-14-6-8-16(22)9-7-14)19(24)21-11-17(23)13-27(25,26)12-15-4-2-1-3-5-15/h6-9,15,17-18,22-23H,1-5,10-13,20H2,(H,21,24)(H,25,26)/t17-,18+/m1/s1. The van der Waals surface area contributed by atoms with Crippen LogP contribution < -0.4 is 11.1 Å². The number of hydrogen-bond acceptors (Lipinski definition) is 5. The molecule has 0 heterocycles. The molecule has 1 aromatic rings. The van der Waals surface area contributed by atoms with Crippen molar-refractivity contribution in [2.45, 2.75) is 50.7 Å². The minimum Gasteiger partial charge on any atom is -0.508 e. The number of nitrogens with one attached hydrogen (secondary N) is 1. The number of phenolic OH excluding ortho intramolecular Hbond substituents is 1. The van der Waals surface area contributed by atoms with Crippen molar-refractivity contribution in [3.8, 4) is 5.75 Å². The molecule has 0 bridgehead atoms. The summed E-state index contributed by atoms with van der Waals surface area (Å²) in [5.74, 6) is -0.0289. The highest BCUT2D eigenvalue weighted by atomic mass is 31.2. The second-order valence-corrected chi connectivity index (χ2v) is 10.0. The Kier molecular flexibility index (Phi) is 8.29. The van der Waals surface area contributed by atoms with E-state index in [4.69, 9.17) is 5.73 Å². The van der Waals surface area contributed by atoms with Gasteiger partial charge in [-0.25, -0.2) is 0 Å². The molecule has 3 atom stereocenters. The van der Waals surface area contributed by atoms with Crippen molar-refractivity contribution in [2.24, 2.45) is 11.7 Å². The number of carbonyl (C=O) groups is 1. The van der Waals surface area contributed by atoms with E-state index in [1.807, 2.05) is 0 Å². The Balaban J connectivity index is 1.72. The Hall–Kier alpha value is -1.40. The highest BCUT2D eigenvalue weighted by Gasteiger charge is 2.28. The van der Waals surface area contributed by atoms with Gasteiger partial charge in [0.05, 0.1) is 18.3 Å². The molecular formula is C19H31N2O5P. The van der Waals surface area contributed by atoms with Crippen molar-refractivity contribution in [1.29, 1.82) is 0 Å². The van der Waals surface area contributed by atoms with Crippen LogP contribution in [-0.2, 0) is 15.8 Å². The zero-order chi connectivity index (χ0) is 19.9. The zero-order valence-electron chi connectivity index (χ0n) is 15.6. The molecule has 0 aromatic heterocycles. The highest BCUT2D eigenvalue weighted by molar-refractivity contribution is 7.58. The van der Waals surface area contributed by atoms with Gasteiger partial charge in [-0.3, -0.25) is 9.36 Å². The van der Waals surface area contributed by atoms with E-state index < -0.39 is 25.4 Å². The van der Waals surface area contributed by atoms with Gasteiger partial charge in [0.15, 0.2) is 0 Å². The van der Waals surface area contributed by atoms with Crippen LogP contribution in [0.3, 0.4) is 0 Å². The summed E-state index contributed by atoms with van der Waals surface area (Å²) in [6, 6.07) is 5.61. The quantitative estimate of drug-likeness (QED) is 0.401. The Morgan fingerprint density at radius 3 is 2.48 bits per heavy atom. The summed E-state index contributed by atoms with van der Waals surface area (Å²) in [7, 11) is -3.42. The van der Waals surface area contributed by atoms with Gasteiger partial charge >= 0.3 is 0 Å². The largest absolute Gasteiger partial charge is 0.508 e. The van der Waals surface area contributed by atoms with Crippen LogP contribution in [0.25, 0.3) is 0 Å². The third-order valence-electron chi connectivity index (χ3n) is 5.00. The number of benzene rings is 1. The van der Waals surface area contributed by atoms with Crippen molar-refractivity contribution in [3.05, 3.63) is 29.8 Å². The predicted octanol–water partition coefficient (Wildman–Crippen LogP) is 1.59. The fraction of sp³-hybridized carbons (Fsp3) is 0.632. The summed E-state index contributed by atoms with van der Waals surface area (Å²) >= 11 is 0. The molecule has 0 saturated heterocycles. The average Bonchev–Trinajstić information content (AvgIpc) is 2.61. The molecule has 1 aromatic carbocycles. The monoisotopic (exact) mass is 398 g/mol. The van der Waals surface area contributed by atoms with E-state index in [1.54, 1.807) is 12.1 Å². The van der Waals surface area contributed by atoms with Gasteiger partial charge in [0.25, 0.3) is 0 Å². The van der Waals surface area contributed by atoms with Gasteiger partial charge in [0.2, 0.25) is 13.3 Å². The van der Waals surface area contributed by atoms with E-state index in [2.05, 4.69) is 5.32 Å². The summed E-state index contributed by atoms with van der Waals surface area (Å²) in [5, 5.41) is 21.9. The van der Waals surface area contributed by atoms with Gasteiger partial charge in [-0.15, -0.1) is 0 Å². The smallest absolute Gasteiger partial charge is 0.237 e. The van der Waals surface area contributed by atoms with Crippen molar-refractivity contribution in [3.63, 3.8) is 0 Å². The number of aromatic hydroxyl groups is 1. The Morgan fingerprint density at radius 2 is 1.85 bits per heavy atom. The number of amides is 1. The van der Waals surface area contributed by atoms with E-state index in [9.17, 15) is 24.5 Å². The maximum Gasteiger partial charge on any atom is 0.237 e. The number of aliphatic hydroxyl groups is 1. The summed E-state index contributed by atoms with van der Waals surface area (Å²) in [4.78, 5) is 22.2. The molecule has 152 valence electrons. The maximum absolute atomic E-state index is 12.4. The first kappa shape index (κ1) is 21.9. The van der Waals surface area contributed by atoms with Crippen molar-refractivity contribution in [2.75, 3.05) is 18.9 Å². The van der Waals surface area contributed by atoms with Gasteiger partial charge < -0.3 is 26.2 Å². The number of phenols is 1. The maximum atomic E-state index is 12.4. The van der Waals surface area contributed by atoms with Gasteiger partial charge in [-0.05, 0) is 42.9 Å². The predicted molar refractivity (Wildman–Crippen MR) is 105 cm³/mol. The normalized spacial score (nSPS) is 19.8. The average molecular weight is 398 g/mol.